The van der Waals surface area contributed by atoms with Crippen molar-refractivity contribution >= 4 is 33.0 Å². The number of thiophene rings is 1. The lowest BCUT2D eigenvalue weighted by atomic mass is 10.1. The zero-order valence-electron chi connectivity index (χ0n) is 19.9. The van der Waals surface area contributed by atoms with Crippen LogP contribution in [0.25, 0.3) is 0 Å². The lowest BCUT2D eigenvalue weighted by molar-refractivity contribution is 0.0952. The monoisotopic (exact) mass is 497 g/mol. The summed E-state index contributed by atoms with van der Waals surface area (Å²) in [4.78, 5) is 15.4. The van der Waals surface area contributed by atoms with Crippen molar-refractivity contribution < 1.29 is 13.2 Å². The number of hydrogen-bond donors (Lipinski definition) is 1. The van der Waals surface area contributed by atoms with Crippen LogP contribution in [0.2, 0.25) is 0 Å². The Morgan fingerprint density at radius 1 is 0.971 bits per heavy atom. The number of aryl methyl sites for hydroxylation is 3. The third kappa shape index (κ3) is 5.19. The van der Waals surface area contributed by atoms with E-state index >= 15 is 0 Å². The van der Waals surface area contributed by atoms with Gasteiger partial charge in [-0.25, -0.2) is 8.42 Å². The van der Waals surface area contributed by atoms with Crippen LogP contribution in [-0.2, 0) is 23.0 Å². The number of amides is 1. The van der Waals surface area contributed by atoms with Gasteiger partial charge >= 0.3 is 0 Å². The van der Waals surface area contributed by atoms with Crippen molar-refractivity contribution in [1.82, 2.24) is 9.62 Å². The Labute approximate surface area is 206 Å². The normalized spacial score (nSPS) is 14.9. The maximum absolute atomic E-state index is 13.4. The first-order chi connectivity index (χ1) is 16.3. The number of rotatable bonds is 7. The molecule has 180 valence electrons. The van der Waals surface area contributed by atoms with Gasteiger partial charge < -0.3 is 10.2 Å². The van der Waals surface area contributed by atoms with E-state index in [2.05, 4.69) is 49.2 Å². The molecule has 2 aromatic carbocycles. The van der Waals surface area contributed by atoms with Gasteiger partial charge in [0.25, 0.3) is 5.91 Å². The Morgan fingerprint density at radius 2 is 1.65 bits per heavy atom. The summed E-state index contributed by atoms with van der Waals surface area (Å²) in [5, 5.41) is 4.55. The maximum atomic E-state index is 13.4. The van der Waals surface area contributed by atoms with Crippen LogP contribution in [0, 0.1) is 13.8 Å². The number of carbonyl (C=O) groups is 1. The van der Waals surface area contributed by atoms with Gasteiger partial charge in [-0.3, -0.25) is 4.79 Å². The standard InChI is InChI=1S/C26H31N3O3S2/c1-4-21-7-9-22(10-8-21)18-27-26(30)25-24(11-16-33-25)34(31,32)29-14-12-28(13-15-29)23-17-19(2)5-6-20(23)3/h5-11,16-17H,4,12-15,18H2,1-3H3,(H,27,30). The lowest BCUT2D eigenvalue weighted by Gasteiger charge is -2.36. The molecule has 6 nitrogen and oxygen atoms in total. The second kappa shape index (κ2) is 10.3. The number of carbonyl (C=O) groups excluding carboxylic acids is 1. The largest absolute Gasteiger partial charge is 0.369 e. The number of anilines is 1. The highest BCUT2D eigenvalue weighted by Gasteiger charge is 2.32. The summed E-state index contributed by atoms with van der Waals surface area (Å²) in [6.45, 7) is 8.59. The molecule has 0 radical (unpaired) electrons. The molecule has 0 aliphatic carbocycles. The number of sulfonamides is 1. The fourth-order valence-corrected chi connectivity index (χ4v) is 6.93. The van der Waals surface area contributed by atoms with Gasteiger partial charge in [0.1, 0.15) is 9.77 Å². The van der Waals surface area contributed by atoms with E-state index in [1.807, 2.05) is 24.3 Å². The second-order valence-electron chi connectivity index (χ2n) is 8.65. The van der Waals surface area contributed by atoms with Crippen LogP contribution in [-0.4, -0.2) is 44.8 Å². The minimum absolute atomic E-state index is 0.0940. The summed E-state index contributed by atoms with van der Waals surface area (Å²) in [5.41, 5.74) is 5.74. The fourth-order valence-electron chi connectivity index (χ4n) is 4.19. The molecule has 1 saturated heterocycles. The van der Waals surface area contributed by atoms with Crippen molar-refractivity contribution in [2.75, 3.05) is 31.1 Å². The molecule has 0 atom stereocenters. The van der Waals surface area contributed by atoms with E-state index in [9.17, 15) is 13.2 Å². The van der Waals surface area contributed by atoms with Gasteiger partial charge in [-0.1, -0.05) is 43.3 Å². The predicted octanol–water partition coefficient (Wildman–Crippen LogP) is 4.37. The van der Waals surface area contributed by atoms with Crippen molar-refractivity contribution in [3.8, 4) is 0 Å². The second-order valence-corrected chi connectivity index (χ2v) is 11.5. The minimum Gasteiger partial charge on any atom is -0.369 e. The van der Waals surface area contributed by atoms with Crippen LogP contribution in [0.4, 0.5) is 5.69 Å². The molecular formula is C26H31N3O3S2. The highest BCUT2D eigenvalue weighted by Crippen LogP contribution is 2.28. The van der Waals surface area contributed by atoms with Crippen LogP contribution in [0.15, 0.2) is 58.8 Å². The quantitative estimate of drug-likeness (QED) is 0.526. The number of benzene rings is 2. The number of nitrogens with one attached hydrogen (secondary N) is 1. The van der Waals surface area contributed by atoms with Gasteiger partial charge in [0.05, 0.1) is 0 Å². The fraction of sp³-hybridized carbons (Fsp3) is 0.346. The average Bonchev–Trinajstić information content (AvgIpc) is 3.36. The SMILES string of the molecule is CCc1ccc(CNC(=O)c2sccc2S(=O)(=O)N2CCN(c3cc(C)ccc3C)CC2)cc1. The van der Waals surface area contributed by atoms with Gasteiger partial charge in [-0.15, -0.1) is 11.3 Å². The van der Waals surface area contributed by atoms with E-state index in [0.29, 0.717) is 32.7 Å². The Balaban J connectivity index is 1.43. The van der Waals surface area contributed by atoms with Crippen LogP contribution < -0.4 is 10.2 Å². The molecule has 0 saturated carbocycles. The molecule has 34 heavy (non-hydrogen) atoms. The zero-order valence-corrected chi connectivity index (χ0v) is 21.5. The molecular weight excluding hydrogens is 466 g/mol. The van der Waals surface area contributed by atoms with Gasteiger partial charge in [-0.05, 0) is 60.0 Å². The van der Waals surface area contributed by atoms with Crippen molar-refractivity contribution in [3.63, 3.8) is 0 Å². The zero-order chi connectivity index (χ0) is 24.3. The molecule has 1 amide bonds. The molecule has 0 unspecified atom stereocenters. The van der Waals surface area contributed by atoms with E-state index in [4.69, 9.17) is 0 Å². The van der Waals surface area contributed by atoms with Crippen molar-refractivity contribution in [1.29, 1.82) is 0 Å². The molecule has 1 fully saturated rings. The number of piperazine rings is 1. The highest BCUT2D eigenvalue weighted by atomic mass is 32.2. The van der Waals surface area contributed by atoms with E-state index in [1.54, 1.807) is 11.4 Å². The number of hydrogen-bond acceptors (Lipinski definition) is 5. The molecule has 1 aliphatic rings. The summed E-state index contributed by atoms with van der Waals surface area (Å²) < 4.78 is 28.3. The van der Waals surface area contributed by atoms with Crippen molar-refractivity contribution in [2.24, 2.45) is 0 Å². The maximum Gasteiger partial charge on any atom is 0.263 e. The molecule has 1 aliphatic heterocycles. The molecule has 2 heterocycles. The van der Waals surface area contributed by atoms with Gasteiger partial charge in [0.15, 0.2) is 0 Å². The van der Waals surface area contributed by atoms with Gasteiger partial charge in [0, 0.05) is 38.4 Å². The van der Waals surface area contributed by atoms with Crippen molar-refractivity contribution in [3.05, 3.63) is 81.0 Å². The smallest absolute Gasteiger partial charge is 0.263 e. The molecule has 0 bridgehead atoms. The number of nitrogens with zero attached hydrogens (tertiary/aromatic N) is 2. The van der Waals surface area contributed by atoms with E-state index in [1.165, 1.54) is 21.0 Å². The Hall–Kier alpha value is -2.68. The first kappa shape index (κ1) is 24.4. The molecule has 0 spiro atoms. The summed E-state index contributed by atoms with van der Waals surface area (Å²) in [7, 11) is -3.75. The van der Waals surface area contributed by atoms with Crippen LogP contribution in [0.3, 0.4) is 0 Å². The third-order valence-electron chi connectivity index (χ3n) is 6.28. The third-order valence-corrected chi connectivity index (χ3v) is 9.26. The molecule has 3 aromatic rings. The average molecular weight is 498 g/mol. The van der Waals surface area contributed by atoms with Crippen LogP contribution in [0.1, 0.15) is 38.8 Å². The first-order valence-corrected chi connectivity index (χ1v) is 13.9. The van der Waals surface area contributed by atoms with Gasteiger partial charge in [-0.2, -0.15) is 4.31 Å². The van der Waals surface area contributed by atoms with E-state index < -0.39 is 10.0 Å². The van der Waals surface area contributed by atoms with Gasteiger partial charge in [0.2, 0.25) is 10.0 Å². The summed E-state index contributed by atoms with van der Waals surface area (Å²) in [6.07, 6.45) is 0.960. The molecule has 1 N–H and O–H groups in total. The van der Waals surface area contributed by atoms with Crippen molar-refractivity contribution in [2.45, 2.75) is 38.6 Å². The summed E-state index contributed by atoms with van der Waals surface area (Å²) in [5.74, 6) is -0.359. The molecule has 8 heteroatoms. The van der Waals surface area contributed by atoms with E-state index in [-0.39, 0.29) is 15.7 Å². The molecule has 1 aromatic heterocycles. The van der Waals surface area contributed by atoms with Crippen LogP contribution in [0.5, 0.6) is 0 Å². The lowest BCUT2D eigenvalue weighted by Crippen LogP contribution is -2.49. The first-order valence-electron chi connectivity index (χ1n) is 11.6. The Kier molecular flexibility index (Phi) is 7.40. The predicted molar refractivity (Wildman–Crippen MR) is 138 cm³/mol. The highest BCUT2D eigenvalue weighted by molar-refractivity contribution is 7.89. The minimum atomic E-state index is -3.75. The topological polar surface area (TPSA) is 69.7 Å². The summed E-state index contributed by atoms with van der Waals surface area (Å²) >= 11 is 1.16. The van der Waals surface area contributed by atoms with Crippen LogP contribution >= 0.6 is 11.3 Å². The Bertz CT molecular complexity index is 1260. The van der Waals surface area contributed by atoms with E-state index in [0.717, 1.165) is 29.0 Å². The summed E-state index contributed by atoms with van der Waals surface area (Å²) in [6, 6.07) is 15.9. The Morgan fingerprint density at radius 3 is 2.32 bits per heavy atom. The molecule has 4 rings (SSSR count).